The summed E-state index contributed by atoms with van der Waals surface area (Å²) in [5, 5.41) is 0. The van der Waals surface area contributed by atoms with E-state index in [1.165, 1.54) is 13.0 Å². The monoisotopic (exact) mass is 295 g/mol. The van der Waals surface area contributed by atoms with Gasteiger partial charge < -0.3 is 0 Å². The second-order valence-electron chi connectivity index (χ2n) is 3.68. The molecule has 0 bridgehead atoms. The minimum absolute atomic E-state index is 0.135. The Morgan fingerprint density at radius 2 is 2.18 bits per heavy atom. The normalized spacial score (nSPS) is 13.6. The molecule has 0 spiro atoms. The Labute approximate surface area is 110 Å². The molecule has 0 aliphatic heterocycles. The molecule has 0 saturated heterocycles. The Morgan fingerprint density at radius 3 is 2.59 bits per heavy atom. The maximum Gasteiger partial charge on any atom is 0.250 e. The zero-order valence-electron chi connectivity index (χ0n) is 9.78. The molecule has 0 radical (unpaired) electrons. The first-order valence-electron chi connectivity index (χ1n) is 5.09. The number of sulfonamides is 1. The molecule has 0 aliphatic carbocycles. The van der Waals surface area contributed by atoms with Crippen LogP contribution in [-0.4, -0.2) is 20.2 Å². The molecule has 17 heavy (non-hydrogen) atoms. The summed E-state index contributed by atoms with van der Waals surface area (Å²) in [5.74, 6) is -0.145. The zero-order valence-corrected chi connectivity index (χ0v) is 12.2. The van der Waals surface area contributed by atoms with E-state index in [-0.39, 0.29) is 9.99 Å². The molecule has 0 aromatic carbocycles. The number of hydrogen-bond donors (Lipinski definition) is 1. The van der Waals surface area contributed by atoms with Gasteiger partial charge in [0.05, 0.1) is 10.4 Å². The molecule has 0 aliphatic rings. The van der Waals surface area contributed by atoms with Gasteiger partial charge in [-0.1, -0.05) is 18.5 Å². The van der Waals surface area contributed by atoms with Gasteiger partial charge in [0.2, 0.25) is 0 Å². The summed E-state index contributed by atoms with van der Waals surface area (Å²) in [6.45, 7) is 4.96. The summed E-state index contributed by atoms with van der Waals surface area (Å²) < 4.78 is 26.8. The van der Waals surface area contributed by atoms with Crippen LogP contribution >= 0.6 is 22.9 Å². The summed E-state index contributed by atoms with van der Waals surface area (Å²) in [4.78, 5) is 11.3. The fraction of sp³-hybridized carbons (Fsp3) is 0.500. The Bertz CT molecular complexity index is 502. The fourth-order valence-corrected chi connectivity index (χ4v) is 4.18. The summed E-state index contributed by atoms with van der Waals surface area (Å²) in [5.41, 5.74) is 0.714. The first-order chi connectivity index (χ1) is 7.77. The molecule has 7 heteroatoms. The minimum atomic E-state index is -3.65. The molecular formula is C10H14ClNO3S2. The highest BCUT2D eigenvalue weighted by atomic mass is 35.5. The van der Waals surface area contributed by atoms with Crippen LogP contribution in [0.4, 0.5) is 0 Å². The fourth-order valence-electron chi connectivity index (χ4n) is 1.23. The number of ketones is 1. The summed E-state index contributed by atoms with van der Waals surface area (Å²) in [6.07, 6.45) is 0.300. The number of hydrogen-bond acceptors (Lipinski definition) is 4. The standard InChI is InChI=1S/C10H14ClNO3S2/c1-4-8(13)7(3)12-17(14,15)9-5-6(2)10(11)16-9/h5,7,12H,4H2,1-3H3. The first kappa shape index (κ1) is 14.6. The van der Waals surface area contributed by atoms with Gasteiger partial charge in [0.25, 0.3) is 10.0 Å². The third kappa shape index (κ3) is 3.51. The van der Waals surface area contributed by atoms with Gasteiger partial charge in [0.1, 0.15) is 9.99 Å². The number of nitrogens with one attached hydrogen (secondary N) is 1. The van der Waals surface area contributed by atoms with Crippen molar-refractivity contribution < 1.29 is 13.2 Å². The molecule has 96 valence electrons. The second-order valence-corrected chi connectivity index (χ2v) is 7.28. The highest BCUT2D eigenvalue weighted by molar-refractivity contribution is 7.91. The highest BCUT2D eigenvalue weighted by Gasteiger charge is 2.23. The maximum absolute atomic E-state index is 11.9. The molecule has 0 fully saturated rings. The van der Waals surface area contributed by atoms with E-state index in [0.717, 1.165) is 11.3 Å². The predicted octanol–water partition coefficient (Wildman–Crippen LogP) is 2.36. The number of carbonyl (C=O) groups excluding carboxylic acids is 1. The lowest BCUT2D eigenvalue weighted by atomic mass is 10.2. The molecule has 1 atom stereocenters. The maximum atomic E-state index is 11.9. The van der Waals surface area contributed by atoms with Crippen molar-refractivity contribution in [3.63, 3.8) is 0 Å². The van der Waals surface area contributed by atoms with Crippen molar-refractivity contribution in [2.24, 2.45) is 0 Å². The largest absolute Gasteiger partial charge is 0.298 e. The summed E-state index contributed by atoms with van der Waals surface area (Å²) in [6, 6.07) is 0.782. The Morgan fingerprint density at radius 1 is 1.59 bits per heavy atom. The van der Waals surface area contributed by atoms with Crippen LogP contribution in [0, 0.1) is 6.92 Å². The molecule has 4 nitrogen and oxygen atoms in total. The van der Waals surface area contributed by atoms with Gasteiger partial charge in [-0.25, -0.2) is 13.1 Å². The summed E-state index contributed by atoms with van der Waals surface area (Å²) in [7, 11) is -3.65. The van der Waals surface area contributed by atoms with Crippen molar-refractivity contribution in [1.29, 1.82) is 0 Å². The van der Waals surface area contributed by atoms with Crippen molar-refractivity contribution in [2.75, 3.05) is 0 Å². The lowest BCUT2D eigenvalue weighted by Gasteiger charge is -2.10. The van der Waals surface area contributed by atoms with E-state index in [0.29, 0.717) is 16.3 Å². The van der Waals surface area contributed by atoms with Crippen molar-refractivity contribution in [2.45, 2.75) is 37.4 Å². The Hall–Kier alpha value is -0.430. The number of rotatable bonds is 5. The summed E-state index contributed by atoms with van der Waals surface area (Å²) >= 11 is 6.81. The van der Waals surface area contributed by atoms with Gasteiger partial charge >= 0.3 is 0 Å². The first-order valence-corrected chi connectivity index (χ1v) is 7.76. The molecular weight excluding hydrogens is 282 g/mol. The smallest absolute Gasteiger partial charge is 0.250 e. The lowest BCUT2D eigenvalue weighted by Crippen LogP contribution is -2.37. The number of halogens is 1. The SMILES string of the molecule is CCC(=O)C(C)NS(=O)(=O)c1cc(C)c(Cl)s1. The van der Waals surface area contributed by atoms with Crippen LogP contribution in [0.5, 0.6) is 0 Å². The number of thiophene rings is 1. The van der Waals surface area contributed by atoms with Crippen LogP contribution in [0.2, 0.25) is 4.34 Å². The van der Waals surface area contributed by atoms with Crippen molar-refractivity contribution in [1.82, 2.24) is 4.72 Å². The number of aryl methyl sites for hydroxylation is 1. The van der Waals surface area contributed by atoms with E-state index >= 15 is 0 Å². The molecule has 1 aromatic heterocycles. The van der Waals surface area contributed by atoms with Crippen LogP contribution in [0.15, 0.2) is 10.3 Å². The van der Waals surface area contributed by atoms with Crippen LogP contribution in [0.25, 0.3) is 0 Å². The van der Waals surface area contributed by atoms with Gasteiger partial charge in [-0.3, -0.25) is 4.79 Å². The average Bonchev–Trinajstić information content (AvgIpc) is 2.58. The minimum Gasteiger partial charge on any atom is -0.298 e. The van der Waals surface area contributed by atoms with Crippen LogP contribution < -0.4 is 4.72 Å². The Balaban J connectivity index is 2.93. The zero-order chi connectivity index (χ0) is 13.2. The van der Waals surface area contributed by atoms with E-state index in [4.69, 9.17) is 11.6 Å². The van der Waals surface area contributed by atoms with Crippen LogP contribution in [0.3, 0.4) is 0 Å². The molecule has 0 saturated carbocycles. The topological polar surface area (TPSA) is 63.2 Å². The van der Waals surface area contributed by atoms with Crippen molar-refractivity contribution in [3.8, 4) is 0 Å². The van der Waals surface area contributed by atoms with Gasteiger partial charge in [-0.2, -0.15) is 0 Å². The molecule has 1 N–H and O–H groups in total. The van der Waals surface area contributed by atoms with Crippen LogP contribution in [0.1, 0.15) is 25.8 Å². The number of Topliss-reactive ketones (excluding diaryl/α,β-unsaturated/α-hetero) is 1. The predicted molar refractivity (Wildman–Crippen MR) is 69.1 cm³/mol. The van der Waals surface area contributed by atoms with Gasteiger partial charge in [0, 0.05) is 6.42 Å². The van der Waals surface area contributed by atoms with E-state index in [2.05, 4.69) is 4.72 Å². The van der Waals surface area contributed by atoms with Crippen LogP contribution in [-0.2, 0) is 14.8 Å². The van der Waals surface area contributed by atoms with Gasteiger partial charge in [-0.05, 0) is 25.5 Å². The van der Waals surface area contributed by atoms with Gasteiger partial charge in [-0.15, -0.1) is 11.3 Å². The van der Waals surface area contributed by atoms with Crippen molar-refractivity contribution >= 4 is 38.7 Å². The number of carbonyl (C=O) groups is 1. The van der Waals surface area contributed by atoms with Gasteiger partial charge in [0.15, 0.2) is 0 Å². The third-order valence-corrected chi connectivity index (χ3v) is 5.83. The average molecular weight is 296 g/mol. The Kier molecular flexibility index (Phi) is 4.71. The van der Waals surface area contributed by atoms with E-state index in [1.807, 2.05) is 0 Å². The van der Waals surface area contributed by atoms with Crippen molar-refractivity contribution in [3.05, 3.63) is 16.0 Å². The molecule has 1 rings (SSSR count). The second kappa shape index (κ2) is 5.48. The molecule has 0 amide bonds. The molecule has 1 unspecified atom stereocenters. The highest BCUT2D eigenvalue weighted by Crippen LogP contribution is 2.30. The van der Waals surface area contributed by atoms with E-state index in [1.54, 1.807) is 13.8 Å². The van der Waals surface area contributed by atoms with E-state index < -0.39 is 16.1 Å². The van der Waals surface area contributed by atoms with E-state index in [9.17, 15) is 13.2 Å². The quantitative estimate of drug-likeness (QED) is 0.907. The molecule has 1 heterocycles. The lowest BCUT2D eigenvalue weighted by molar-refractivity contribution is -0.119. The third-order valence-electron chi connectivity index (χ3n) is 2.26. The molecule has 1 aromatic rings.